The van der Waals surface area contributed by atoms with Gasteiger partial charge >= 0.3 is 11.9 Å². The Kier molecular flexibility index (Phi) is 29.2. The highest BCUT2D eigenvalue weighted by atomic mass is 16.5. The Bertz CT molecular complexity index is 543. The van der Waals surface area contributed by atoms with Gasteiger partial charge in [-0.15, -0.1) is 0 Å². The summed E-state index contributed by atoms with van der Waals surface area (Å²) in [7, 11) is 0. The molecule has 0 bridgehead atoms. The number of unbranched alkanes of at least 4 members (excludes halogenated alkanes) is 21. The van der Waals surface area contributed by atoms with Gasteiger partial charge < -0.3 is 9.84 Å². The molecule has 0 aliphatic carbocycles. The lowest BCUT2D eigenvalue weighted by Gasteiger charge is -2.13. The topological polar surface area (TPSA) is 63.6 Å². The van der Waals surface area contributed by atoms with Crippen LogP contribution in [0.5, 0.6) is 0 Å². The van der Waals surface area contributed by atoms with Gasteiger partial charge in [0.2, 0.25) is 0 Å². The Morgan fingerprint density at radius 3 is 1.37 bits per heavy atom. The van der Waals surface area contributed by atoms with Crippen LogP contribution >= 0.6 is 0 Å². The van der Waals surface area contributed by atoms with Gasteiger partial charge in [-0.25, -0.2) is 0 Å². The molecule has 0 saturated heterocycles. The van der Waals surface area contributed by atoms with Crippen molar-refractivity contribution in [3.05, 3.63) is 12.2 Å². The molecule has 0 amide bonds. The molecule has 1 N–H and O–H groups in total. The van der Waals surface area contributed by atoms with Gasteiger partial charge in [-0.2, -0.15) is 0 Å². The van der Waals surface area contributed by atoms with Crippen molar-refractivity contribution < 1.29 is 19.4 Å². The van der Waals surface area contributed by atoms with Crippen LogP contribution in [-0.4, -0.2) is 23.7 Å². The molecule has 224 valence electrons. The van der Waals surface area contributed by atoms with Gasteiger partial charge in [0, 0.05) is 0 Å². The van der Waals surface area contributed by atoms with Crippen LogP contribution in [0.1, 0.15) is 181 Å². The fraction of sp³-hybridized carbons (Fsp3) is 0.882. The number of carboxylic acid groups (broad SMARTS) is 1. The van der Waals surface area contributed by atoms with Crippen molar-refractivity contribution >= 4 is 11.9 Å². The first-order valence-electron chi connectivity index (χ1n) is 16.6. The van der Waals surface area contributed by atoms with E-state index in [1.807, 2.05) is 6.92 Å². The second kappa shape index (κ2) is 30.2. The smallest absolute Gasteiger partial charge is 0.309 e. The lowest BCUT2D eigenvalue weighted by Crippen LogP contribution is -2.21. The van der Waals surface area contributed by atoms with Crippen molar-refractivity contribution in [1.82, 2.24) is 0 Å². The van der Waals surface area contributed by atoms with Gasteiger partial charge in [0.1, 0.15) is 0 Å². The third-order valence-corrected chi connectivity index (χ3v) is 7.53. The molecule has 0 aliphatic heterocycles. The SMILES string of the molecule is CC/C=C/CCCCCCCCCCCCCCCCCCCCCCCC(CC(=O)O)C(=O)OCCC. The van der Waals surface area contributed by atoms with E-state index in [2.05, 4.69) is 19.1 Å². The predicted octanol–water partition coefficient (Wildman–Crippen LogP) is 11.0. The first kappa shape index (κ1) is 36.7. The van der Waals surface area contributed by atoms with E-state index in [4.69, 9.17) is 9.84 Å². The standard InChI is InChI=1S/C34H64O4/c1-3-5-6-7-8-9-10-11-12-13-14-15-16-17-18-19-20-21-22-23-24-25-26-27-28-29-32(31-33(35)36)34(37)38-30-4-2/h5-6,32H,3-4,7-31H2,1-2H3,(H,35,36)/b6-5+. The highest BCUT2D eigenvalue weighted by Crippen LogP contribution is 2.18. The highest BCUT2D eigenvalue weighted by Gasteiger charge is 2.22. The summed E-state index contributed by atoms with van der Waals surface area (Å²) >= 11 is 0. The molecule has 0 spiro atoms. The summed E-state index contributed by atoms with van der Waals surface area (Å²) in [6.45, 7) is 4.53. The van der Waals surface area contributed by atoms with Crippen LogP contribution < -0.4 is 0 Å². The third-order valence-electron chi connectivity index (χ3n) is 7.53. The molecule has 0 aromatic carbocycles. The average Bonchev–Trinajstić information content (AvgIpc) is 2.90. The Labute approximate surface area is 236 Å². The van der Waals surface area contributed by atoms with Crippen molar-refractivity contribution in [2.24, 2.45) is 5.92 Å². The second-order valence-electron chi connectivity index (χ2n) is 11.3. The first-order chi connectivity index (χ1) is 18.6. The molecule has 4 heteroatoms. The van der Waals surface area contributed by atoms with Crippen molar-refractivity contribution in [2.75, 3.05) is 6.61 Å². The van der Waals surface area contributed by atoms with E-state index in [0.29, 0.717) is 13.0 Å². The van der Waals surface area contributed by atoms with Gasteiger partial charge in [0.25, 0.3) is 0 Å². The van der Waals surface area contributed by atoms with Gasteiger partial charge in [-0.05, 0) is 32.1 Å². The maximum absolute atomic E-state index is 12.0. The van der Waals surface area contributed by atoms with Crippen LogP contribution in [-0.2, 0) is 14.3 Å². The molecule has 0 saturated carbocycles. The summed E-state index contributed by atoms with van der Waals surface area (Å²) in [6.07, 6.45) is 36.6. The normalized spacial score (nSPS) is 12.3. The van der Waals surface area contributed by atoms with Crippen molar-refractivity contribution in [2.45, 2.75) is 181 Å². The minimum absolute atomic E-state index is 0.111. The number of carboxylic acids is 1. The summed E-state index contributed by atoms with van der Waals surface area (Å²) in [6, 6.07) is 0. The number of aliphatic carboxylic acids is 1. The number of allylic oxidation sites excluding steroid dienone is 2. The molecule has 0 rings (SSSR count). The molecule has 1 unspecified atom stereocenters. The van der Waals surface area contributed by atoms with Gasteiger partial charge in [-0.3, -0.25) is 9.59 Å². The Balaban J connectivity index is 3.32. The quantitative estimate of drug-likeness (QED) is 0.0563. The van der Waals surface area contributed by atoms with E-state index < -0.39 is 11.9 Å². The molecule has 38 heavy (non-hydrogen) atoms. The van der Waals surface area contributed by atoms with E-state index in [-0.39, 0.29) is 12.4 Å². The summed E-state index contributed by atoms with van der Waals surface area (Å²) in [4.78, 5) is 23.0. The Hall–Kier alpha value is -1.32. The molecule has 0 radical (unpaired) electrons. The number of esters is 1. The number of hydrogen-bond acceptors (Lipinski definition) is 3. The van der Waals surface area contributed by atoms with Crippen molar-refractivity contribution in [1.29, 1.82) is 0 Å². The lowest BCUT2D eigenvalue weighted by molar-refractivity contribution is -0.153. The van der Waals surface area contributed by atoms with Gasteiger partial charge in [0.15, 0.2) is 0 Å². The van der Waals surface area contributed by atoms with Crippen LogP contribution in [0.4, 0.5) is 0 Å². The number of hydrogen-bond donors (Lipinski definition) is 1. The summed E-state index contributed by atoms with van der Waals surface area (Å²) in [5.41, 5.74) is 0. The highest BCUT2D eigenvalue weighted by molar-refractivity contribution is 5.79. The monoisotopic (exact) mass is 536 g/mol. The summed E-state index contributed by atoms with van der Waals surface area (Å²) in [5.74, 6) is -1.74. The van der Waals surface area contributed by atoms with Crippen LogP contribution in [0.15, 0.2) is 12.2 Å². The van der Waals surface area contributed by atoms with Crippen LogP contribution in [0.25, 0.3) is 0 Å². The van der Waals surface area contributed by atoms with E-state index in [9.17, 15) is 9.59 Å². The van der Waals surface area contributed by atoms with Crippen molar-refractivity contribution in [3.8, 4) is 0 Å². The lowest BCUT2D eigenvalue weighted by atomic mass is 9.97. The third kappa shape index (κ3) is 27.7. The fourth-order valence-electron chi connectivity index (χ4n) is 5.13. The molecular formula is C34H64O4. The van der Waals surface area contributed by atoms with Gasteiger partial charge in [0.05, 0.1) is 18.9 Å². The number of rotatable bonds is 30. The van der Waals surface area contributed by atoms with E-state index >= 15 is 0 Å². The number of ether oxygens (including phenoxy) is 1. The van der Waals surface area contributed by atoms with Crippen LogP contribution in [0.3, 0.4) is 0 Å². The van der Waals surface area contributed by atoms with Gasteiger partial charge in [-0.1, -0.05) is 154 Å². The number of carbonyl (C=O) groups excluding carboxylic acids is 1. The van der Waals surface area contributed by atoms with E-state index in [1.165, 1.54) is 135 Å². The molecule has 4 nitrogen and oxygen atoms in total. The molecule has 1 atom stereocenters. The average molecular weight is 537 g/mol. The molecule has 0 aromatic heterocycles. The van der Waals surface area contributed by atoms with Crippen LogP contribution in [0.2, 0.25) is 0 Å². The number of carbonyl (C=O) groups is 2. The largest absolute Gasteiger partial charge is 0.481 e. The maximum atomic E-state index is 12.0. The zero-order valence-corrected chi connectivity index (χ0v) is 25.5. The zero-order valence-electron chi connectivity index (χ0n) is 25.5. The fourth-order valence-corrected chi connectivity index (χ4v) is 5.13. The zero-order chi connectivity index (χ0) is 27.9. The second-order valence-corrected chi connectivity index (χ2v) is 11.3. The Morgan fingerprint density at radius 2 is 1.00 bits per heavy atom. The minimum atomic E-state index is -0.915. The maximum Gasteiger partial charge on any atom is 0.309 e. The molecule has 0 fully saturated rings. The van der Waals surface area contributed by atoms with Crippen molar-refractivity contribution in [3.63, 3.8) is 0 Å². The summed E-state index contributed by atoms with van der Waals surface area (Å²) in [5, 5.41) is 9.04. The predicted molar refractivity (Wildman–Crippen MR) is 163 cm³/mol. The van der Waals surface area contributed by atoms with E-state index in [0.717, 1.165) is 19.3 Å². The first-order valence-corrected chi connectivity index (χ1v) is 16.6. The molecule has 0 aromatic rings. The minimum Gasteiger partial charge on any atom is -0.481 e. The van der Waals surface area contributed by atoms with E-state index in [1.54, 1.807) is 0 Å². The Morgan fingerprint density at radius 1 is 0.605 bits per heavy atom. The molecule has 0 aliphatic rings. The van der Waals surface area contributed by atoms with Crippen LogP contribution in [0, 0.1) is 5.92 Å². The summed E-state index contributed by atoms with van der Waals surface area (Å²) < 4.78 is 5.16. The molecular weight excluding hydrogens is 472 g/mol. The molecule has 0 heterocycles.